The molecule has 1 amide bonds. The molecule has 0 radical (unpaired) electrons. The van der Waals surface area contributed by atoms with Gasteiger partial charge in [0.05, 0.1) is 17.3 Å². The Morgan fingerprint density at radius 3 is 2.39 bits per heavy atom. The minimum Gasteiger partial charge on any atom is -0.441 e. The normalized spacial score (nSPS) is 11.8. The van der Waals surface area contributed by atoms with E-state index in [2.05, 4.69) is 34.6 Å². The number of nitrogens with one attached hydrogen (secondary N) is 1. The molecule has 0 aliphatic rings. The van der Waals surface area contributed by atoms with Gasteiger partial charge in [-0.2, -0.15) is 0 Å². The minimum atomic E-state index is -0.211. The van der Waals surface area contributed by atoms with Crippen LogP contribution in [0.3, 0.4) is 0 Å². The van der Waals surface area contributed by atoms with E-state index in [1.54, 1.807) is 12.3 Å². The van der Waals surface area contributed by atoms with Crippen molar-refractivity contribution in [2.24, 2.45) is 0 Å². The van der Waals surface area contributed by atoms with Gasteiger partial charge >= 0.3 is 0 Å². The summed E-state index contributed by atoms with van der Waals surface area (Å²) in [5.41, 5.74) is 4.05. The highest BCUT2D eigenvalue weighted by Gasteiger charge is 2.17. The lowest BCUT2D eigenvalue weighted by atomic mass is 9.97. The molecule has 0 saturated carbocycles. The Morgan fingerprint density at radius 2 is 1.65 bits per heavy atom. The second-order valence-electron chi connectivity index (χ2n) is 7.42. The molecule has 1 heterocycles. The van der Waals surface area contributed by atoms with E-state index in [-0.39, 0.29) is 18.4 Å². The molecule has 0 fully saturated rings. The molecule has 5 heteroatoms. The molecule has 31 heavy (non-hydrogen) atoms. The lowest BCUT2D eigenvalue weighted by molar-refractivity contribution is -0.121. The molecule has 0 bridgehead atoms. The third-order valence-corrected chi connectivity index (χ3v) is 5.44. The number of rotatable bonds is 7. The van der Waals surface area contributed by atoms with Gasteiger partial charge in [-0.25, -0.2) is 4.98 Å². The first kappa shape index (κ1) is 20.9. The van der Waals surface area contributed by atoms with Gasteiger partial charge in [-0.15, -0.1) is 0 Å². The fourth-order valence-electron chi connectivity index (χ4n) is 3.43. The van der Waals surface area contributed by atoms with Crippen molar-refractivity contribution < 1.29 is 9.21 Å². The summed E-state index contributed by atoms with van der Waals surface area (Å²) in [6, 6.07) is 25.4. The van der Waals surface area contributed by atoms with Crippen LogP contribution < -0.4 is 5.32 Å². The molecule has 1 atom stereocenters. The SMILES string of the molecule is Cc1ccc(C(NC(=O)CCc2ncc(-c3ccccc3Cl)o2)c2ccccc2)cc1. The predicted octanol–water partition coefficient (Wildman–Crippen LogP) is 6.14. The molecule has 4 nitrogen and oxygen atoms in total. The molecular weight excluding hydrogens is 408 g/mol. The Morgan fingerprint density at radius 1 is 0.968 bits per heavy atom. The van der Waals surface area contributed by atoms with Crippen molar-refractivity contribution in [2.45, 2.75) is 25.8 Å². The quantitative estimate of drug-likeness (QED) is 0.383. The van der Waals surface area contributed by atoms with Crippen molar-refractivity contribution in [1.29, 1.82) is 0 Å². The lowest BCUT2D eigenvalue weighted by Crippen LogP contribution is -2.29. The smallest absolute Gasteiger partial charge is 0.221 e. The highest BCUT2D eigenvalue weighted by atomic mass is 35.5. The zero-order valence-electron chi connectivity index (χ0n) is 17.2. The fraction of sp³-hybridized carbons (Fsp3) is 0.154. The summed E-state index contributed by atoms with van der Waals surface area (Å²) in [6.45, 7) is 2.05. The van der Waals surface area contributed by atoms with Gasteiger partial charge in [0, 0.05) is 18.4 Å². The zero-order chi connectivity index (χ0) is 21.6. The first-order valence-electron chi connectivity index (χ1n) is 10.2. The number of nitrogens with zero attached hydrogens (tertiary/aromatic N) is 1. The standard InChI is InChI=1S/C26H23ClN2O2/c1-18-11-13-20(14-12-18)26(19-7-3-2-4-8-19)29-24(30)15-16-25-28-17-23(31-25)21-9-5-6-10-22(21)27/h2-14,17,26H,15-16H2,1H3,(H,29,30). The molecule has 0 saturated heterocycles. The molecule has 0 aliphatic carbocycles. The minimum absolute atomic E-state index is 0.0630. The number of hydrogen-bond donors (Lipinski definition) is 1. The molecule has 1 aromatic heterocycles. The van der Waals surface area contributed by atoms with Crippen molar-refractivity contribution in [3.05, 3.63) is 113 Å². The number of aromatic nitrogens is 1. The van der Waals surface area contributed by atoms with Crippen LogP contribution in [-0.4, -0.2) is 10.9 Å². The summed E-state index contributed by atoms with van der Waals surface area (Å²) in [7, 11) is 0. The van der Waals surface area contributed by atoms with Crippen LogP contribution in [-0.2, 0) is 11.2 Å². The number of amides is 1. The molecule has 1 unspecified atom stereocenters. The van der Waals surface area contributed by atoms with Crippen LogP contribution in [0.5, 0.6) is 0 Å². The highest BCUT2D eigenvalue weighted by Crippen LogP contribution is 2.28. The predicted molar refractivity (Wildman–Crippen MR) is 123 cm³/mol. The summed E-state index contributed by atoms with van der Waals surface area (Å²) in [5.74, 6) is 1.05. The fourth-order valence-corrected chi connectivity index (χ4v) is 3.66. The number of halogens is 1. The van der Waals surface area contributed by atoms with E-state index in [4.69, 9.17) is 16.0 Å². The van der Waals surface area contributed by atoms with Crippen molar-refractivity contribution in [3.8, 4) is 11.3 Å². The summed E-state index contributed by atoms with van der Waals surface area (Å²) in [5, 5.41) is 3.76. The van der Waals surface area contributed by atoms with Gasteiger partial charge in [0.1, 0.15) is 0 Å². The largest absolute Gasteiger partial charge is 0.441 e. The van der Waals surface area contributed by atoms with E-state index in [0.29, 0.717) is 23.1 Å². The maximum absolute atomic E-state index is 12.8. The van der Waals surface area contributed by atoms with Gasteiger partial charge in [-0.1, -0.05) is 83.9 Å². The van der Waals surface area contributed by atoms with Crippen LogP contribution in [0.4, 0.5) is 0 Å². The first-order chi connectivity index (χ1) is 15.1. The first-order valence-corrected chi connectivity index (χ1v) is 10.6. The van der Waals surface area contributed by atoms with Crippen LogP contribution in [0, 0.1) is 6.92 Å². The van der Waals surface area contributed by atoms with Crippen molar-refractivity contribution >= 4 is 17.5 Å². The summed E-state index contributed by atoms with van der Waals surface area (Å²) >= 11 is 6.23. The van der Waals surface area contributed by atoms with E-state index >= 15 is 0 Å². The van der Waals surface area contributed by atoms with Crippen LogP contribution in [0.2, 0.25) is 5.02 Å². The molecular formula is C26H23ClN2O2. The number of oxazole rings is 1. The number of carbonyl (C=O) groups is 1. The van der Waals surface area contributed by atoms with E-state index < -0.39 is 0 Å². The highest BCUT2D eigenvalue weighted by molar-refractivity contribution is 6.33. The Bertz CT molecular complexity index is 1150. The molecule has 4 aromatic rings. The summed E-state index contributed by atoms with van der Waals surface area (Å²) in [6.07, 6.45) is 2.33. The summed E-state index contributed by atoms with van der Waals surface area (Å²) < 4.78 is 5.81. The van der Waals surface area contributed by atoms with Gasteiger partial charge in [0.2, 0.25) is 5.91 Å². The molecule has 4 rings (SSSR count). The summed E-state index contributed by atoms with van der Waals surface area (Å²) in [4.78, 5) is 17.1. The van der Waals surface area contributed by atoms with E-state index in [9.17, 15) is 4.79 Å². The zero-order valence-corrected chi connectivity index (χ0v) is 18.0. The Balaban J connectivity index is 1.44. The van der Waals surface area contributed by atoms with Crippen LogP contribution in [0.15, 0.2) is 89.5 Å². The van der Waals surface area contributed by atoms with Crippen molar-refractivity contribution in [2.75, 3.05) is 0 Å². The number of carbonyl (C=O) groups excluding carboxylic acids is 1. The monoisotopic (exact) mass is 430 g/mol. The van der Waals surface area contributed by atoms with Crippen LogP contribution in [0.1, 0.15) is 35.0 Å². The second kappa shape index (κ2) is 9.63. The van der Waals surface area contributed by atoms with Crippen LogP contribution >= 0.6 is 11.6 Å². The van der Waals surface area contributed by atoms with E-state index in [1.165, 1.54) is 5.56 Å². The molecule has 1 N–H and O–H groups in total. The average molecular weight is 431 g/mol. The van der Waals surface area contributed by atoms with Gasteiger partial charge in [0.15, 0.2) is 11.7 Å². The molecule has 0 spiro atoms. The molecule has 0 aliphatic heterocycles. The van der Waals surface area contributed by atoms with Crippen molar-refractivity contribution in [3.63, 3.8) is 0 Å². The van der Waals surface area contributed by atoms with E-state index in [1.807, 2.05) is 55.5 Å². The third kappa shape index (κ3) is 5.22. The lowest BCUT2D eigenvalue weighted by Gasteiger charge is -2.20. The van der Waals surface area contributed by atoms with Crippen molar-refractivity contribution in [1.82, 2.24) is 10.3 Å². The molecule has 156 valence electrons. The van der Waals surface area contributed by atoms with Crippen LogP contribution in [0.25, 0.3) is 11.3 Å². The van der Waals surface area contributed by atoms with Gasteiger partial charge in [-0.05, 0) is 30.2 Å². The number of hydrogen-bond acceptors (Lipinski definition) is 3. The van der Waals surface area contributed by atoms with Gasteiger partial charge in [0.25, 0.3) is 0 Å². The topological polar surface area (TPSA) is 55.1 Å². The van der Waals surface area contributed by atoms with Gasteiger partial charge in [-0.3, -0.25) is 4.79 Å². The Kier molecular flexibility index (Phi) is 6.48. The van der Waals surface area contributed by atoms with E-state index in [0.717, 1.165) is 16.7 Å². The Labute approximate surface area is 186 Å². The van der Waals surface area contributed by atoms with Gasteiger partial charge < -0.3 is 9.73 Å². The number of aryl methyl sites for hydroxylation is 2. The average Bonchev–Trinajstić information content (AvgIpc) is 3.26. The number of benzene rings is 3. The second-order valence-corrected chi connectivity index (χ2v) is 7.83. The maximum Gasteiger partial charge on any atom is 0.221 e. The third-order valence-electron chi connectivity index (χ3n) is 5.11. The maximum atomic E-state index is 12.8. The Hall–Kier alpha value is -3.37. The molecule has 3 aromatic carbocycles.